The normalized spacial score (nSPS) is 19.8. The highest BCUT2D eigenvalue weighted by Crippen LogP contribution is 2.37. The lowest BCUT2D eigenvalue weighted by atomic mass is 9.77. The Morgan fingerprint density at radius 3 is 2.31 bits per heavy atom. The number of benzene rings is 1. The van der Waals surface area contributed by atoms with Crippen LogP contribution in [0, 0.1) is 17.2 Å². The molecule has 0 bridgehead atoms. The lowest BCUT2D eigenvalue weighted by Gasteiger charge is -2.29. The Bertz CT molecular complexity index is 534. The van der Waals surface area contributed by atoms with Gasteiger partial charge in [0.1, 0.15) is 0 Å². The van der Waals surface area contributed by atoms with Gasteiger partial charge in [-0.15, -0.1) is 6.58 Å². The Morgan fingerprint density at radius 1 is 0.962 bits per heavy atom. The molecule has 0 aliphatic heterocycles. The fraction of sp³-hybridized carbons (Fsp3) is 0.625. The van der Waals surface area contributed by atoms with Crippen molar-refractivity contribution in [2.24, 2.45) is 5.92 Å². The molecule has 0 spiro atoms. The highest BCUT2D eigenvalue weighted by atomic mass is 16.5. The molecule has 0 N–H and O–H groups in total. The summed E-state index contributed by atoms with van der Waals surface area (Å²) in [5.74, 6) is 1.60. The van der Waals surface area contributed by atoms with Crippen LogP contribution in [0.15, 0.2) is 36.9 Å². The van der Waals surface area contributed by atoms with E-state index < -0.39 is 0 Å². The van der Waals surface area contributed by atoms with Gasteiger partial charge in [0.2, 0.25) is 0 Å². The number of hydrogen-bond acceptors (Lipinski definition) is 2. The third-order valence-corrected chi connectivity index (χ3v) is 5.71. The first-order chi connectivity index (χ1) is 12.8. The summed E-state index contributed by atoms with van der Waals surface area (Å²) in [6.45, 7) is 5.61. The molecule has 1 aromatic carbocycles. The first kappa shape index (κ1) is 20.7. The lowest BCUT2D eigenvalue weighted by Crippen LogP contribution is -2.13. The highest BCUT2D eigenvalue weighted by Gasteiger charge is 2.21. The van der Waals surface area contributed by atoms with E-state index >= 15 is 0 Å². The second-order valence-electron chi connectivity index (χ2n) is 7.70. The Labute approximate surface area is 160 Å². The number of rotatable bonds is 12. The van der Waals surface area contributed by atoms with Crippen LogP contribution in [-0.2, 0) is 4.74 Å². The molecule has 1 aliphatic carbocycles. The molecular weight excluding hydrogens is 318 g/mol. The van der Waals surface area contributed by atoms with Gasteiger partial charge in [-0.25, -0.2) is 0 Å². The second kappa shape index (κ2) is 12.7. The smallest absolute Gasteiger partial charge is 0.0991 e. The zero-order valence-electron chi connectivity index (χ0n) is 16.3. The van der Waals surface area contributed by atoms with Gasteiger partial charge in [-0.2, -0.15) is 5.26 Å². The number of allylic oxidation sites excluding steroid dienone is 1. The number of nitrogens with zero attached hydrogens (tertiary/aromatic N) is 1. The van der Waals surface area contributed by atoms with E-state index in [0.717, 1.165) is 31.1 Å². The van der Waals surface area contributed by atoms with Crippen molar-refractivity contribution in [3.63, 3.8) is 0 Å². The predicted molar refractivity (Wildman–Crippen MR) is 109 cm³/mol. The van der Waals surface area contributed by atoms with Crippen molar-refractivity contribution in [2.75, 3.05) is 13.2 Å². The number of nitriles is 1. The summed E-state index contributed by atoms with van der Waals surface area (Å²) in [6, 6.07) is 10.4. The zero-order valence-corrected chi connectivity index (χ0v) is 16.3. The fourth-order valence-corrected chi connectivity index (χ4v) is 4.02. The summed E-state index contributed by atoms with van der Waals surface area (Å²) in [7, 11) is 0. The van der Waals surface area contributed by atoms with E-state index in [9.17, 15) is 0 Å². The van der Waals surface area contributed by atoms with Crippen molar-refractivity contribution in [3.05, 3.63) is 48.0 Å². The fourth-order valence-electron chi connectivity index (χ4n) is 4.02. The van der Waals surface area contributed by atoms with E-state index in [4.69, 9.17) is 10.00 Å². The monoisotopic (exact) mass is 353 g/mol. The van der Waals surface area contributed by atoms with Crippen LogP contribution in [0.25, 0.3) is 0 Å². The van der Waals surface area contributed by atoms with Crippen LogP contribution in [0.2, 0.25) is 0 Å². The molecule has 2 nitrogen and oxygen atoms in total. The van der Waals surface area contributed by atoms with E-state index in [-0.39, 0.29) is 0 Å². The van der Waals surface area contributed by atoms with Gasteiger partial charge < -0.3 is 4.74 Å². The lowest BCUT2D eigenvalue weighted by molar-refractivity contribution is 0.124. The SMILES string of the molecule is C=CCCCCCOCCCC[C@H]1CC[C@H](c2ccc(C#N)cc2)CC1. The summed E-state index contributed by atoms with van der Waals surface area (Å²) in [5, 5.41) is 8.91. The van der Waals surface area contributed by atoms with Crippen molar-refractivity contribution < 1.29 is 4.74 Å². The summed E-state index contributed by atoms with van der Waals surface area (Å²) in [5.41, 5.74) is 2.19. The minimum Gasteiger partial charge on any atom is -0.381 e. The molecule has 1 aromatic rings. The van der Waals surface area contributed by atoms with Gasteiger partial charge >= 0.3 is 0 Å². The molecule has 0 saturated heterocycles. The van der Waals surface area contributed by atoms with E-state index in [0.29, 0.717) is 5.92 Å². The van der Waals surface area contributed by atoms with Crippen LogP contribution in [-0.4, -0.2) is 13.2 Å². The van der Waals surface area contributed by atoms with Gasteiger partial charge in [-0.3, -0.25) is 0 Å². The predicted octanol–water partition coefficient (Wildman–Crippen LogP) is 6.77. The van der Waals surface area contributed by atoms with Gasteiger partial charge in [0.05, 0.1) is 11.6 Å². The second-order valence-corrected chi connectivity index (χ2v) is 7.70. The first-order valence-electron chi connectivity index (χ1n) is 10.5. The number of unbranched alkanes of at least 4 members (excludes halogenated alkanes) is 4. The van der Waals surface area contributed by atoms with E-state index in [2.05, 4.69) is 24.8 Å². The maximum absolute atomic E-state index is 8.91. The third-order valence-electron chi connectivity index (χ3n) is 5.71. The Hall–Kier alpha value is -1.59. The molecule has 0 unspecified atom stereocenters. The van der Waals surface area contributed by atoms with Gasteiger partial charge in [0, 0.05) is 13.2 Å². The van der Waals surface area contributed by atoms with Crippen LogP contribution in [0.1, 0.15) is 87.7 Å². The highest BCUT2D eigenvalue weighted by molar-refractivity contribution is 5.33. The van der Waals surface area contributed by atoms with Crippen molar-refractivity contribution in [2.45, 2.75) is 76.5 Å². The van der Waals surface area contributed by atoms with Crippen LogP contribution < -0.4 is 0 Å². The topological polar surface area (TPSA) is 33.0 Å². The molecule has 0 aromatic heterocycles. The summed E-state index contributed by atoms with van der Waals surface area (Å²) >= 11 is 0. The standard InChI is InChI=1S/C24H35NO/c1-2-3-4-5-7-18-26-19-8-6-9-21-10-14-23(15-11-21)24-16-12-22(20-25)13-17-24/h2,12-13,16-17,21,23H,1,3-11,14-15,18-19H2/t21-,23-. The largest absolute Gasteiger partial charge is 0.381 e. The van der Waals surface area contributed by atoms with Crippen molar-refractivity contribution in [1.29, 1.82) is 5.26 Å². The van der Waals surface area contributed by atoms with Gasteiger partial charge in [0.25, 0.3) is 0 Å². The summed E-state index contributed by atoms with van der Waals surface area (Å²) in [4.78, 5) is 0. The first-order valence-corrected chi connectivity index (χ1v) is 10.5. The van der Waals surface area contributed by atoms with Crippen molar-refractivity contribution >= 4 is 0 Å². The molecule has 0 heterocycles. The molecule has 0 amide bonds. The van der Waals surface area contributed by atoms with Crippen LogP contribution >= 0.6 is 0 Å². The average molecular weight is 354 g/mol. The molecule has 1 saturated carbocycles. The Balaban J connectivity index is 1.49. The van der Waals surface area contributed by atoms with Crippen LogP contribution in [0.5, 0.6) is 0 Å². The molecule has 26 heavy (non-hydrogen) atoms. The van der Waals surface area contributed by atoms with Gasteiger partial charge in [-0.05, 0) is 80.9 Å². The zero-order chi connectivity index (χ0) is 18.5. The quantitative estimate of drug-likeness (QED) is 0.307. The molecule has 1 fully saturated rings. The third kappa shape index (κ3) is 7.75. The van der Waals surface area contributed by atoms with Crippen molar-refractivity contribution in [1.82, 2.24) is 0 Å². The molecule has 1 aliphatic rings. The van der Waals surface area contributed by atoms with Gasteiger partial charge in [0.15, 0.2) is 0 Å². The summed E-state index contributed by atoms with van der Waals surface area (Å²) in [6.07, 6.45) is 16.0. The molecular formula is C24H35NO. The maximum Gasteiger partial charge on any atom is 0.0991 e. The Kier molecular flexibility index (Phi) is 10.1. The van der Waals surface area contributed by atoms with Crippen LogP contribution in [0.4, 0.5) is 0 Å². The van der Waals surface area contributed by atoms with Crippen molar-refractivity contribution in [3.8, 4) is 6.07 Å². The minimum atomic E-state index is 0.698. The van der Waals surface area contributed by atoms with Gasteiger partial charge in [-0.1, -0.05) is 37.5 Å². The number of ether oxygens (including phenoxy) is 1. The maximum atomic E-state index is 8.91. The molecule has 2 rings (SSSR count). The van der Waals surface area contributed by atoms with Crippen LogP contribution in [0.3, 0.4) is 0 Å². The summed E-state index contributed by atoms with van der Waals surface area (Å²) < 4.78 is 5.75. The average Bonchev–Trinajstić information content (AvgIpc) is 2.70. The number of hydrogen-bond donors (Lipinski definition) is 0. The molecule has 0 atom stereocenters. The molecule has 142 valence electrons. The Morgan fingerprint density at radius 2 is 1.65 bits per heavy atom. The molecule has 0 radical (unpaired) electrons. The van der Waals surface area contributed by atoms with E-state index in [1.54, 1.807) is 0 Å². The molecule has 2 heteroatoms. The van der Waals surface area contributed by atoms with E-state index in [1.807, 2.05) is 18.2 Å². The van der Waals surface area contributed by atoms with E-state index in [1.165, 1.54) is 69.8 Å². The minimum absolute atomic E-state index is 0.698.